The van der Waals surface area contributed by atoms with Crippen molar-refractivity contribution in [2.75, 3.05) is 5.32 Å². The Kier molecular flexibility index (Phi) is 6.11. The quantitative estimate of drug-likeness (QED) is 0.434. The van der Waals surface area contributed by atoms with E-state index in [1.54, 1.807) is 24.3 Å². The van der Waals surface area contributed by atoms with Gasteiger partial charge in [-0.25, -0.2) is 0 Å². The Balaban J connectivity index is 1.55. The first-order valence-corrected chi connectivity index (χ1v) is 9.16. The van der Waals surface area contributed by atoms with Gasteiger partial charge in [0.05, 0.1) is 0 Å². The van der Waals surface area contributed by atoms with Crippen molar-refractivity contribution in [3.8, 4) is 11.3 Å². The molecule has 1 aromatic heterocycles. The molecule has 0 aliphatic rings. The Bertz CT molecular complexity index is 954. The van der Waals surface area contributed by atoms with Crippen LogP contribution in [0, 0.1) is 0 Å². The van der Waals surface area contributed by atoms with Crippen LogP contribution in [0.15, 0.2) is 65.1 Å². The summed E-state index contributed by atoms with van der Waals surface area (Å²) in [5.74, 6) is 0.278. The number of hydrogen-bond acceptors (Lipinski definition) is 3. The molecule has 0 fully saturated rings. The number of thiocarbonyl (C=S) groups is 1. The molecule has 7 heteroatoms. The molecule has 1 amide bonds. The molecule has 27 heavy (non-hydrogen) atoms. The first kappa shape index (κ1) is 18.9. The molecule has 3 rings (SSSR count). The molecule has 0 spiro atoms. The summed E-state index contributed by atoms with van der Waals surface area (Å²) >= 11 is 11.2. The van der Waals surface area contributed by atoms with Crippen LogP contribution in [0.25, 0.3) is 11.3 Å². The van der Waals surface area contributed by atoms with Crippen molar-refractivity contribution >= 4 is 40.5 Å². The molecule has 138 valence electrons. The number of halogens is 1. The number of hydrazine groups is 1. The zero-order valence-corrected chi connectivity index (χ0v) is 16.2. The summed E-state index contributed by atoms with van der Waals surface area (Å²) in [4.78, 5) is 12.2. The molecule has 0 saturated carbocycles. The fourth-order valence-corrected chi connectivity index (χ4v) is 2.78. The Morgan fingerprint density at radius 3 is 2.56 bits per heavy atom. The van der Waals surface area contributed by atoms with E-state index < -0.39 is 5.91 Å². The summed E-state index contributed by atoms with van der Waals surface area (Å²) in [6.07, 6.45) is 0.972. The van der Waals surface area contributed by atoms with E-state index in [4.69, 9.17) is 28.2 Å². The number of hydrogen-bond donors (Lipinski definition) is 3. The van der Waals surface area contributed by atoms with Crippen LogP contribution in [-0.4, -0.2) is 11.0 Å². The second-order valence-electron chi connectivity index (χ2n) is 5.76. The van der Waals surface area contributed by atoms with E-state index in [0.717, 1.165) is 17.7 Å². The van der Waals surface area contributed by atoms with Crippen LogP contribution in [0.2, 0.25) is 5.02 Å². The van der Waals surface area contributed by atoms with Crippen molar-refractivity contribution in [3.63, 3.8) is 0 Å². The molecule has 0 bridgehead atoms. The molecular formula is C20H18ClN3O2S. The van der Waals surface area contributed by atoms with Crippen LogP contribution in [-0.2, 0) is 6.42 Å². The molecule has 3 N–H and O–H groups in total. The van der Waals surface area contributed by atoms with Crippen molar-refractivity contribution in [1.29, 1.82) is 0 Å². The number of furan rings is 1. The number of rotatable bonds is 4. The zero-order chi connectivity index (χ0) is 19.2. The lowest BCUT2D eigenvalue weighted by Crippen LogP contribution is -2.43. The van der Waals surface area contributed by atoms with Crippen molar-refractivity contribution in [2.24, 2.45) is 0 Å². The highest BCUT2D eigenvalue weighted by molar-refractivity contribution is 7.80. The fraction of sp³-hybridized carbons (Fsp3) is 0.100. The predicted molar refractivity (Wildman–Crippen MR) is 112 cm³/mol. The van der Waals surface area contributed by atoms with Gasteiger partial charge in [-0.1, -0.05) is 42.8 Å². The van der Waals surface area contributed by atoms with E-state index >= 15 is 0 Å². The number of carbonyl (C=O) groups excluding carboxylic acids is 1. The molecule has 0 aliphatic heterocycles. The molecule has 0 unspecified atom stereocenters. The highest BCUT2D eigenvalue weighted by Crippen LogP contribution is 2.24. The van der Waals surface area contributed by atoms with Crippen LogP contribution < -0.4 is 16.2 Å². The highest BCUT2D eigenvalue weighted by Gasteiger charge is 2.12. The SMILES string of the molecule is CCc1ccc(NC(=S)NNC(=O)c2ccc(-c3cccc(Cl)c3)o2)cc1. The molecule has 0 radical (unpaired) electrons. The number of nitrogens with one attached hydrogen (secondary N) is 3. The van der Waals surface area contributed by atoms with Gasteiger partial charge < -0.3 is 9.73 Å². The van der Waals surface area contributed by atoms with Gasteiger partial charge in [0, 0.05) is 16.3 Å². The molecule has 5 nitrogen and oxygen atoms in total. The van der Waals surface area contributed by atoms with Crippen molar-refractivity contribution in [2.45, 2.75) is 13.3 Å². The van der Waals surface area contributed by atoms with Crippen molar-refractivity contribution in [1.82, 2.24) is 10.9 Å². The minimum atomic E-state index is -0.436. The Hall–Kier alpha value is -2.83. The molecular weight excluding hydrogens is 382 g/mol. The van der Waals surface area contributed by atoms with E-state index in [-0.39, 0.29) is 10.9 Å². The van der Waals surface area contributed by atoms with Gasteiger partial charge in [0.1, 0.15) is 5.76 Å². The van der Waals surface area contributed by atoms with Gasteiger partial charge in [0.2, 0.25) is 0 Å². The van der Waals surface area contributed by atoms with Crippen LogP contribution in [0.5, 0.6) is 0 Å². The number of amides is 1. The largest absolute Gasteiger partial charge is 0.451 e. The van der Waals surface area contributed by atoms with E-state index in [2.05, 4.69) is 23.1 Å². The summed E-state index contributed by atoms with van der Waals surface area (Å²) in [7, 11) is 0. The van der Waals surface area contributed by atoms with E-state index in [0.29, 0.717) is 10.8 Å². The molecule has 0 aliphatic carbocycles. The van der Waals surface area contributed by atoms with Gasteiger partial charge in [-0.2, -0.15) is 0 Å². The molecule has 0 saturated heterocycles. The number of anilines is 1. The molecule has 1 heterocycles. The summed E-state index contributed by atoms with van der Waals surface area (Å²) < 4.78 is 5.59. The second-order valence-corrected chi connectivity index (χ2v) is 6.60. The Morgan fingerprint density at radius 2 is 1.85 bits per heavy atom. The maximum atomic E-state index is 12.2. The van der Waals surface area contributed by atoms with Crippen LogP contribution in [0.3, 0.4) is 0 Å². The van der Waals surface area contributed by atoms with Gasteiger partial charge in [-0.3, -0.25) is 15.6 Å². The number of carbonyl (C=O) groups is 1. The number of benzene rings is 2. The van der Waals surface area contributed by atoms with Crippen LogP contribution >= 0.6 is 23.8 Å². The second kappa shape index (κ2) is 8.70. The van der Waals surface area contributed by atoms with Crippen LogP contribution in [0.4, 0.5) is 5.69 Å². The van der Waals surface area contributed by atoms with E-state index in [1.165, 1.54) is 5.56 Å². The molecule has 3 aromatic rings. The minimum absolute atomic E-state index is 0.160. The summed E-state index contributed by atoms with van der Waals surface area (Å²) in [5, 5.41) is 3.87. The Morgan fingerprint density at radius 1 is 1.07 bits per heavy atom. The van der Waals surface area contributed by atoms with E-state index in [9.17, 15) is 4.79 Å². The maximum absolute atomic E-state index is 12.2. The van der Waals surface area contributed by atoms with E-state index in [1.807, 2.05) is 36.4 Å². The average Bonchev–Trinajstić information content (AvgIpc) is 3.17. The van der Waals surface area contributed by atoms with Crippen molar-refractivity contribution < 1.29 is 9.21 Å². The van der Waals surface area contributed by atoms with Gasteiger partial charge >= 0.3 is 5.91 Å². The average molecular weight is 400 g/mol. The van der Waals surface area contributed by atoms with Gasteiger partial charge in [0.25, 0.3) is 0 Å². The van der Waals surface area contributed by atoms with Crippen molar-refractivity contribution in [3.05, 3.63) is 77.0 Å². The highest BCUT2D eigenvalue weighted by atomic mass is 35.5. The summed E-state index contributed by atoms with van der Waals surface area (Å²) in [6.45, 7) is 2.09. The monoisotopic (exact) mass is 399 g/mol. The third-order valence-corrected chi connectivity index (χ3v) is 4.29. The lowest BCUT2D eigenvalue weighted by Gasteiger charge is -2.11. The molecule has 0 atom stereocenters. The fourth-order valence-electron chi connectivity index (χ4n) is 2.42. The third-order valence-electron chi connectivity index (χ3n) is 3.85. The lowest BCUT2D eigenvalue weighted by atomic mass is 10.1. The summed E-state index contributed by atoms with van der Waals surface area (Å²) in [6, 6.07) is 18.4. The lowest BCUT2D eigenvalue weighted by molar-refractivity contribution is 0.0917. The standard InChI is InChI=1S/C20H18ClN3O2S/c1-2-13-6-8-16(9-7-13)22-20(27)24-23-19(25)18-11-10-17(26-18)14-4-3-5-15(21)12-14/h3-12H,2H2,1H3,(H,23,25)(H2,22,24,27). The molecule has 2 aromatic carbocycles. The Labute approximate surface area is 167 Å². The first-order valence-electron chi connectivity index (χ1n) is 8.37. The van der Waals surface area contributed by atoms with Gasteiger partial charge in [-0.15, -0.1) is 0 Å². The maximum Gasteiger partial charge on any atom is 0.305 e. The van der Waals surface area contributed by atoms with Gasteiger partial charge in [0.15, 0.2) is 10.9 Å². The third kappa shape index (κ3) is 5.09. The van der Waals surface area contributed by atoms with Gasteiger partial charge in [-0.05, 0) is 60.6 Å². The minimum Gasteiger partial charge on any atom is -0.451 e. The normalized spacial score (nSPS) is 10.3. The topological polar surface area (TPSA) is 66.3 Å². The zero-order valence-electron chi connectivity index (χ0n) is 14.6. The predicted octanol–water partition coefficient (Wildman–Crippen LogP) is 4.79. The number of aryl methyl sites for hydroxylation is 1. The van der Waals surface area contributed by atoms with Crippen LogP contribution in [0.1, 0.15) is 23.0 Å². The smallest absolute Gasteiger partial charge is 0.305 e. The summed E-state index contributed by atoms with van der Waals surface area (Å²) in [5.41, 5.74) is 8.03. The first-order chi connectivity index (χ1) is 13.0.